The molecule has 204 valence electrons. The number of nitrogens with zero attached hydrogens (tertiary/aromatic N) is 1. The summed E-state index contributed by atoms with van der Waals surface area (Å²) in [6.07, 6.45) is 1.80. The van der Waals surface area contributed by atoms with Crippen molar-refractivity contribution in [1.29, 1.82) is 0 Å². The van der Waals surface area contributed by atoms with E-state index in [2.05, 4.69) is 33.4 Å². The number of halogens is 2. The summed E-state index contributed by atoms with van der Waals surface area (Å²) in [6, 6.07) is 19.9. The van der Waals surface area contributed by atoms with Gasteiger partial charge in [-0.15, -0.1) is 0 Å². The standard InChI is InChI=1S/C31H26BrClN2O5/c1-16-24(11-10-23(32)28(16)33)34-25(36)15-40-31(39)18-8-5-9-20(12-18)35-29(37)26-19-13-21(17-6-3-2-4-7-17)22(14-19)27(26)30(35)38/h2-12,19,21-22,26-27H,13-15H2,1H3,(H,34,36)/t19-,21-,22+,26+,27+/m0/s1. The number of esters is 1. The lowest BCUT2D eigenvalue weighted by molar-refractivity contribution is -0.123. The second kappa shape index (κ2) is 10.5. The fourth-order valence-corrected chi connectivity index (χ4v) is 7.35. The summed E-state index contributed by atoms with van der Waals surface area (Å²) in [5.41, 5.74) is 2.90. The lowest BCUT2D eigenvalue weighted by atomic mass is 9.73. The van der Waals surface area contributed by atoms with Gasteiger partial charge in [-0.2, -0.15) is 0 Å². The van der Waals surface area contributed by atoms with E-state index in [4.69, 9.17) is 16.3 Å². The Hall–Kier alpha value is -3.49. The zero-order valence-electron chi connectivity index (χ0n) is 21.6. The minimum Gasteiger partial charge on any atom is -0.452 e. The SMILES string of the molecule is Cc1c(NC(=O)COC(=O)c2cccc(N3C(=O)[C@@H]4[C@@H]5C[C@@H]([C@H]4C3=O)[C@H](c3ccccc3)C5)c2)ccc(Br)c1Cl. The summed E-state index contributed by atoms with van der Waals surface area (Å²) in [5, 5.41) is 3.16. The first-order chi connectivity index (χ1) is 19.2. The summed E-state index contributed by atoms with van der Waals surface area (Å²) in [4.78, 5) is 53.6. The van der Waals surface area contributed by atoms with E-state index in [0.29, 0.717) is 26.4 Å². The molecule has 0 unspecified atom stereocenters. The van der Waals surface area contributed by atoms with Crippen molar-refractivity contribution in [2.24, 2.45) is 23.7 Å². The van der Waals surface area contributed by atoms with E-state index in [1.165, 1.54) is 22.6 Å². The van der Waals surface area contributed by atoms with Crippen molar-refractivity contribution >= 4 is 62.6 Å². The van der Waals surface area contributed by atoms with Gasteiger partial charge in [-0.3, -0.25) is 19.3 Å². The molecule has 1 heterocycles. The Morgan fingerprint density at radius 1 is 1.00 bits per heavy atom. The van der Waals surface area contributed by atoms with E-state index < -0.39 is 18.5 Å². The van der Waals surface area contributed by atoms with Crippen LogP contribution in [0.1, 0.15) is 40.2 Å². The van der Waals surface area contributed by atoms with E-state index in [1.807, 2.05) is 18.2 Å². The van der Waals surface area contributed by atoms with E-state index in [1.54, 1.807) is 31.2 Å². The molecule has 1 saturated heterocycles. The zero-order valence-corrected chi connectivity index (χ0v) is 23.9. The van der Waals surface area contributed by atoms with Crippen LogP contribution in [-0.4, -0.2) is 30.3 Å². The molecule has 0 aromatic heterocycles. The van der Waals surface area contributed by atoms with E-state index in [0.717, 1.165) is 12.8 Å². The number of nitrogens with one attached hydrogen (secondary N) is 1. The molecular weight excluding hydrogens is 596 g/mol. The molecule has 40 heavy (non-hydrogen) atoms. The largest absolute Gasteiger partial charge is 0.452 e. The highest BCUT2D eigenvalue weighted by atomic mass is 79.9. The van der Waals surface area contributed by atoms with Gasteiger partial charge in [0.05, 0.1) is 28.1 Å². The summed E-state index contributed by atoms with van der Waals surface area (Å²) in [5.74, 6) is -1.71. The molecule has 3 aromatic carbocycles. The summed E-state index contributed by atoms with van der Waals surface area (Å²) >= 11 is 9.55. The average molecular weight is 622 g/mol. The van der Waals surface area contributed by atoms with Crippen molar-refractivity contribution in [2.75, 3.05) is 16.8 Å². The Bertz CT molecular complexity index is 1540. The topological polar surface area (TPSA) is 92.8 Å². The van der Waals surface area contributed by atoms with Crippen LogP contribution in [-0.2, 0) is 19.1 Å². The molecular formula is C31H26BrClN2O5. The first-order valence-corrected chi connectivity index (χ1v) is 14.4. The number of hydrogen-bond acceptors (Lipinski definition) is 5. The van der Waals surface area contributed by atoms with Gasteiger partial charge in [0.1, 0.15) is 0 Å². The highest BCUT2D eigenvalue weighted by Crippen LogP contribution is 2.61. The van der Waals surface area contributed by atoms with E-state index in [-0.39, 0.29) is 47.0 Å². The quantitative estimate of drug-likeness (QED) is 0.264. The van der Waals surface area contributed by atoms with Gasteiger partial charge in [0.25, 0.3) is 5.91 Å². The number of hydrogen-bond donors (Lipinski definition) is 1. The first kappa shape index (κ1) is 26.7. The van der Waals surface area contributed by atoms with Crippen LogP contribution in [0.25, 0.3) is 0 Å². The van der Waals surface area contributed by atoms with E-state index in [9.17, 15) is 19.2 Å². The molecule has 3 aliphatic rings. The third-order valence-electron chi connectivity index (χ3n) is 8.53. The Morgan fingerprint density at radius 3 is 2.52 bits per heavy atom. The number of anilines is 2. The van der Waals surface area contributed by atoms with Gasteiger partial charge in [0, 0.05) is 10.2 Å². The Morgan fingerprint density at radius 2 is 1.75 bits per heavy atom. The maximum absolute atomic E-state index is 13.6. The fourth-order valence-electron chi connectivity index (χ4n) is 6.76. The molecule has 5 atom stereocenters. The molecule has 0 radical (unpaired) electrons. The van der Waals surface area contributed by atoms with Crippen molar-refractivity contribution in [3.63, 3.8) is 0 Å². The van der Waals surface area contributed by atoms with Gasteiger partial charge < -0.3 is 10.1 Å². The molecule has 7 nitrogen and oxygen atoms in total. The van der Waals surface area contributed by atoms with Gasteiger partial charge in [-0.1, -0.05) is 48.0 Å². The van der Waals surface area contributed by atoms with Crippen LogP contribution in [0.5, 0.6) is 0 Å². The maximum atomic E-state index is 13.6. The number of amides is 3. The zero-order chi connectivity index (χ0) is 28.1. The molecule has 2 saturated carbocycles. The van der Waals surface area contributed by atoms with Crippen molar-refractivity contribution in [1.82, 2.24) is 0 Å². The molecule has 1 aliphatic heterocycles. The monoisotopic (exact) mass is 620 g/mol. The molecule has 1 N–H and O–H groups in total. The second-order valence-electron chi connectivity index (χ2n) is 10.7. The van der Waals surface area contributed by atoms with Crippen molar-refractivity contribution in [2.45, 2.75) is 25.7 Å². The number of carbonyl (C=O) groups excluding carboxylic acids is 4. The van der Waals surface area contributed by atoms with Gasteiger partial charge in [0.15, 0.2) is 6.61 Å². The molecule has 9 heteroatoms. The van der Waals surface area contributed by atoms with Crippen LogP contribution < -0.4 is 10.2 Å². The Balaban J connectivity index is 1.13. The summed E-state index contributed by atoms with van der Waals surface area (Å²) in [7, 11) is 0. The second-order valence-corrected chi connectivity index (χ2v) is 11.9. The smallest absolute Gasteiger partial charge is 0.338 e. The Labute approximate surface area is 245 Å². The Kier molecular flexibility index (Phi) is 7.00. The minimum absolute atomic E-state index is 0.134. The third kappa shape index (κ3) is 4.53. The van der Waals surface area contributed by atoms with Gasteiger partial charge in [0.2, 0.25) is 11.8 Å². The molecule has 0 spiro atoms. The summed E-state index contributed by atoms with van der Waals surface area (Å²) in [6.45, 7) is 1.26. The average Bonchev–Trinajstić information content (AvgIpc) is 3.63. The van der Waals surface area contributed by atoms with Gasteiger partial charge >= 0.3 is 5.97 Å². The lowest BCUT2D eigenvalue weighted by Gasteiger charge is -2.28. The fraction of sp³-hybridized carbons (Fsp3) is 0.290. The molecule has 3 amide bonds. The lowest BCUT2D eigenvalue weighted by Crippen LogP contribution is -2.33. The van der Waals surface area contributed by atoms with Crippen LogP contribution in [0.4, 0.5) is 11.4 Å². The van der Waals surface area contributed by atoms with Crippen molar-refractivity contribution in [3.05, 3.63) is 92.9 Å². The molecule has 3 fully saturated rings. The van der Waals surface area contributed by atoms with Crippen LogP contribution in [0.15, 0.2) is 71.2 Å². The molecule has 2 aliphatic carbocycles. The van der Waals surface area contributed by atoms with Crippen molar-refractivity contribution in [3.8, 4) is 0 Å². The van der Waals surface area contributed by atoms with Crippen LogP contribution in [0, 0.1) is 30.6 Å². The minimum atomic E-state index is -0.730. The number of ether oxygens (including phenoxy) is 1. The van der Waals surface area contributed by atoms with E-state index >= 15 is 0 Å². The molecule has 3 aromatic rings. The number of carbonyl (C=O) groups is 4. The summed E-state index contributed by atoms with van der Waals surface area (Å²) < 4.78 is 5.93. The molecule has 2 bridgehead atoms. The van der Waals surface area contributed by atoms with Gasteiger partial charge in [-0.05, 0) is 94.9 Å². The number of benzene rings is 3. The van der Waals surface area contributed by atoms with Crippen LogP contribution in [0.2, 0.25) is 5.02 Å². The highest BCUT2D eigenvalue weighted by molar-refractivity contribution is 9.10. The normalized spacial score (nSPS) is 24.8. The number of rotatable bonds is 6. The predicted molar refractivity (Wildman–Crippen MR) is 154 cm³/mol. The van der Waals surface area contributed by atoms with Gasteiger partial charge in [-0.25, -0.2) is 4.79 Å². The third-order valence-corrected chi connectivity index (χ3v) is 9.91. The predicted octanol–water partition coefficient (Wildman–Crippen LogP) is 6.14. The number of imide groups is 1. The first-order valence-electron chi connectivity index (χ1n) is 13.2. The van der Waals surface area contributed by atoms with Crippen molar-refractivity contribution < 1.29 is 23.9 Å². The number of fused-ring (bicyclic) bond motifs is 5. The maximum Gasteiger partial charge on any atom is 0.338 e. The van der Waals surface area contributed by atoms with Crippen LogP contribution >= 0.6 is 27.5 Å². The van der Waals surface area contributed by atoms with Crippen LogP contribution in [0.3, 0.4) is 0 Å². The highest BCUT2D eigenvalue weighted by Gasteiger charge is 2.64. The molecule has 6 rings (SSSR count).